The van der Waals surface area contributed by atoms with Crippen molar-refractivity contribution in [2.45, 2.75) is 381 Å². The van der Waals surface area contributed by atoms with Crippen LogP contribution in [0.5, 0.6) is 0 Å². The van der Waals surface area contributed by atoms with Gasteiger partial charge >= 0.3 is 11.9 Å². The maximum absolute atomic E-state index is 14.2. The lowest BCUT2D eigenvalue weighted by Gasteiger charge is -2.40. The van der Waals surface area contributed by atoms with E-state index in [1.54, 1.807) is 61.4 Å². The lowest BCUT2D eigenvalue weighted by molar-refractivity contribution is -0.290. The van der Waals surface area contributed by atoms with Gasteiger partial charge in [-0.15, -0.1) is 0 Å². The van der Waals surface area contributed by atoms with Gasteiger partial charge in [-0.25, -0.2) is 9.59 Å². The molecular formula is C89H150O28. The number of esters is 2. The molecule has 4 fully saturated rings. The van der Waals surface area contributed by atoms with Crippen molar-refractivity contribution in [3.05, 3.63) is 71.9 Å². The maximum atomic E-state index is 14.2. The predicted octanol–water partition coefficient (Wildman–Crippen LogP) is 8.51. The number of carbonyl (C=O) groups excluding carboxylic acids is 2. The first kappa shape index (κ1) is 101. The van der Waals surface area contributed by atoms with Crippen LogP contribution in [-0.4, -0.2) is 304 Å². The Morgan fingerprint density at radius 2 is 0.829 bits per heavy atom. The fourth-order valence-corrected chi connectivity index (χ4v) is 17.8. The molecule has 0 unspecified atom stereocenters. The highest BCUT2D eigenvalue weighted by atomic mass is 16.7. The molecule has 9 N–H and O–H groups in total. The van der Waals surface area contributed by atoms with Gasteiger partial charge in [0.1, 0.15) is 48.8 Å². The van der Waals surface area contributed by atoms with Crippen LogP contribution in [0.25, 0.3) is 0 Å². The van der Waals surface area contributed by atoms with E-state index in [1.807, 2.05) is 84.9 Å². The van der Waals surface area contributed by atoms with Crippen LogP contribution >= 0.6 is 0 Å². The van der Waals surface area contributed by atoms with E-state index >= 15 is 0 Å². The molecular weight excluding hydrogens is 1520 g/mol. The molecule has 7 rings (SSSR count). The minimum Gasteiger partial charge on any atom is -0.459 e. The van der Waals surface area contributed by atoms with Crippen LogP contribution in [0.2, 0.25) is 0 Å². The second-order valence-corrected chi connectivity index (χ2v) is 34.7. The van der Waals surface area contributed by atoms with E-state index in [0.29, 0.717) is 62.5 Å². The van der Waals surface area contributed by atoms with Crippen LogP contribution in [0.4, 0.5) is 0 Å². The quantitative estimate of drug-likeness (QED) is 0.0342. The molecule has 674 valence electrons. The Labute approximate surface area is 696 Å². The summed E-state index contributed by atoms with van der Waals surface area (Å²) in [6.07, 6.45) is 4.02. The van der Waals surface area contributed by atoms with E-state index in [-0.39, 0.29) is 113 Å². The van der Waals surface area contributed by atoms with Crippen molar-refractivity contribution in [2.75, 3.05) is 63.0 Å². The molecule has 4 saturated heterocycles. The van der Waals surface area contributed by atoms with E-state index in [0.717, 1.165) is 25.7 Å². The second-order valence-electron chi connectivity index (χ2n) is 34.7. The largest absolute Gasteiger partial charge is 0.459 e. The van der Waals surface area contributed by atoms with Crippen LogP contribution < -0.4 is 0 Å². The third kappa shape index (κ3) is 32.2. The summed E-state index contributed by atoms with van der Waals surface area (Å²) < 4.78 is 104. The number of cyclic esters (lactones) is 2. The molecule has 28 heteroatoms. The monoisotopic (exact) mass is 1670 g/mol. The zero-order valence-electron chi connectivity index (χ0n) is 72.9. The van der Waals surface area contributed by atoms with E-state index in [9.17, 15) is 55.5 Å². The smallest absolute Gasteiger partial charge is 0.331 e. The van der Waals surface area contributed by atoms with Gasteiger partial charge in [-0.1, -0.05) is 101 Å². The Morgan fingerprint density at radius 1 is 0.427 bits per heavy atom. The molecule has 0 spiro atoms. The van der Waals surface area contributed by atoms with Gasteiger partial charge in [0.2, 0.25) is 0 Å². The average molecular weight is 1670 g/mol. The molecule has 0 aromatic heterocycles. The molecule has 0 aromatic rings. The van der Waals surface area contributed by atoms with Crippen LogP contribution in [0.15, 0.2) is 71.9 Å². The first-order valence-corrected chi connectivity index (χ1v) is 43.2. The summed E-state index contributed by atoms with van der Waals surface area (Å²) in [4.78, 5) is 28.4. The lowest BCUT2D eigenvalue weighted by Crippen LogP contribution is -2.56. The number of hydrogen-bond donors (Lipinski definition) is 9. The summed E-state index contributed by atoms with van der Waals surface area (Å²) in [6.45, 7) is 18.8. The third-order valence-corrected chi connectivity index (χ3v) is 25.5. The minimum absolute atomic E-state index is 0.0170. The van der Waals surface area contributed by atoms with Crippen molar-refractivity contribution in [1.82, 2.24) is 0 Å². The van der Waals surface area contributed by atoms with Gasteiger partial charge in [0, 0.05) is 124 Å². The summed E-state index contributed by atoms with van der Waals surface area (Å²) in [7, 11) is 10.9. The number of rotatable bonds is 23. The molecule has 0 saturated carbocycles. The highest BCUT2D eigenvalue weighted by Gasteiger charge is 2.45. The van der Waals surface area contributed by atoms with Crippen molar-refractivity contribution in [3.8, 4) is 0 Å². The average Bonchev–Trinajstić information content (AvgIpc) is 0.839. The standard InChI is InChI=1S/C89H150O28/c1-50-24-30-68(114-88-84(99)86(106-16)74(94)48-108-88)42-62-20-18-22-64(112-62)46-75(103-13)56(7)72(92)38-60(90)41-78(59(10)83(98)53(4)29-33-67-45-71(102-12)37-55(6)111-67)117-81(96)35-27-51(2)25-31-69(115-89-85(100)87(107-17)79(105-15)49-109-89)43-63-21-19-23-65(113-63)47-76(104-14)57(8)73(93)39-61(91)40-77(116-80(95)34-26-50)58(9)82(97)52(3)28-32-66-44-70(101-11)36-54(5)110-66/h18-21,24-27,34-35,52-79,82-94,97-100H,22-23,28-33,36-49H2,1-17H3/b34-26+,35-27+,50-24+,51-25+/t52-,53-,54-,55-,56-,57-,58+,59+,60+,61+,62-,63-,64-,65-,66-,67-,68-,69-,70+,71+,72-,73-,74-,75-,76-,77-,78-,79-,82-,83-,84-,85-,86+,87+,88+,89+/m0/s1. The number of hydrogen-bond acceptors (Lipinski definition) is 28. The number of aliphatic hydroxyl groups is 9. The Bertz CT molecular complexity index is 3020. The first-order chi connectivity index (χ1) is 55.8. The van der Waals surface area contributed by atoms with Crippen molar-refractivity contribution in [2.24, 2.45) is 35.5 Å². The molecule has 4 bridgehead atoms. The summed E-state index contributed by atoms with van der Waals surface area (Å²) in [5, 5.41) is 106. The molecule has 0 radical (unpaired) electrons. The predicted molar refractivity (Wildman–Crippen MR) is 436 cm³/mol. The van der Waals surface area contributed by atoms with E-state index < -0.39 is 182 Å². The number of ether oxygens (including phenoxy) is 17. The van der Waals surface area contributed by atoms with Gasteiger partial charge < -0.3 is 126 Å². The van der Waals surface area contributed by atoms with Crippen molar-refractivity contribution in [3.63, 3.8) is 0 Å². The lowest BCUT2D eigenvalue weighted by atomic mass is 9.83. The van der Waals surface area contributed by atoms with Crippen LogP contribution in [0, 0.1) is 35.5 Å². The number of aliphatic hydroxyl groups excluding tert-OH is 9. The molecule has 117 heavy (non-hydrogen) atoms. The van der Waals surface area contributed by atoms with Crippen molar-refractivity contribution in [1.29, 1.82) is 0 Å². The fraction of sp³-hybridized carbons (Fsp3) is 0.843. The molecule has 28 nitrogen and oxygen atoms in total. The van der Waals surface area contributed by atoms with Gasteiger partial charge in [-0.2, -0.15) is 0 Å². The van der Waals surface area contributed by atoms with Gasteiger partial charge in [0.05, 0.1) is 135 Å². The molecule has 0 aliphatic carbocycles. The maximum Gasteiger partial charge on any atom is 0.331 e. The number of allylic oxidation sites excluding steroid dienone is 4. The number of methoxy groups -OCH3 is 7. The normalized spacial score (nSPS) is 41.7. The van der Waals surface area contributed by atoms with Gasteiger partial charge in [0.25, 0.3) is 0 Å². The third-order valence-electron chi connectivity index (χ3n) is 25.5. The van der Waals surface area contributed by atoms with Gasteiger partial charge in [-0.3, -0.25) is 0 Å². The fourth-order valence-electron chi connectivity index (χ4n) is 17.8. The zero-order valence-corrected chi connectivity index (χ0v) is 72.9. The molecule has 36 atom stereocenters. The zero-order chi connectivity index (χ0) is 85.7. The van der Waals surface area contributed by atoms with Crippen LogP contribution in [-0.2, 0) is 90.1 Å². The first-order valence-electron chi connectivity index (χ1n) is 43.2. The van der Waals surface area contributed by atoms with Crippen LogP contribution in [0.1, 0.15) is 198 Å². The highest BCUT2D eigenvalue weighted by Crippen LogP contribution is 2.37. The second kappa shape index (κ2) is 51.0. The Kier molecular flexibility index (Phi) is 43.8. The van der Waals surface area contributed by atoms with Gasteiger partial charge in [-0.05, 0) is 129 Å². The van der Waals surface area contributed by atoms with E-state index in [1.165, 1.54) is 33.5 Å². The Morgan fingerprint density at radius 3 is 1.22 bits per heavy atom. The molecule has 0 aromatic carbocycles. The number of fused-ring (bicyclic) bond motifs is 4. The Hall–Kier alpha value is -3.58. The number of carbonyl (C=O) groups is 2. The summed E-state index contributed by atoms with van der Waals surface area (Å²) in [5.74, 6) is -4.46. The van der Waals surface area contributed by atoms with Crippen molar-refractivity contribution >= 4 is 11.9 Å². The SMILES string of the molecule is CO[C@H]1C[C@H](CC[C@H](C)[C@H](O)[C@H](C)[C@@H]2C[C@H](O)C[C@H](O)[C@H](C)[C@@H](OC)C[C@@H]3CC=C[C@@H](C[C@@H](O[C@H]4OC[C@H](OC)[C@@H](OC)[C@@H]4O)C/C=C(C)/C=C/C(=O)O[C@H]([C@@H](C)[C@@H](O)[C@@H](C)CC[C@H]4C[C@H](OC)C[C@H](C)O4)C[C@H](O)C[C@H](O)[C@H](C)[C@@H](OC)C[C@@H]4CC=C[C@@H](C[C@@H](O[C@H]5OC[C@H](O)[C@@H](OC)[C@@H]5O)C/C=C(C)/C=C/C(=O)O2)O4)O3)O[C@@H](C)C1. The van der Waals surface area contributed by atoms with Crippen molar-refractivity contribution < 1.29 is 136 Å². The highest BCUT2D eigenvalue weighted by molar-refractivity contribution is 5.83. The van der Waals surface area contributed by atoms with Gasteiger partial charge in [0.15, 0.2) is 12.6 Å². The van der Waals surface area contributed by atoms with Crippen LogP contribution in [0.3, 0.4) is 0 Å². The molecule has 7 aliphatic heterocycles. The topological polar surface area (TPSA) is 373 Å². The van der Waals surface area contributed by atoms with E-state index in [4.69, 9.17) is 80.5 Å². The van der Waals surface area contributed by atoms with E-state index in [2.05, 4.69) is 0 Å². The summed E-state index contributed by atoms with van der Waals surface area (Å²) in [5.41, 5.74) is 1.29. The molecule has 7 heterocycles. The molecule has 0 amide bonds. The Balaban J connectivity index is 1.17. The summed E-state index contributed by atoms with van der Waals surface area (Å²) >= 11 is 0. The minimum atomic E-state index is -1.36. The molecule has 7 aliphatic rings. The summed E-state index contributed by atoms with van der Waals surface area (Å²) in [6, 6.07) is 0.